The second-order valence-electron chi connectivity index (χ2n) is 6.62. The quantitative estimate of drug-likeness (QED) is 0.737. The van der Waals surface area contributed by atoms with Crippen LogP contribution in [0.25, 0.3) is 10.2 Å². The number of rotatable bonds is 6. The molecule has 5 heteroatoms. The Labute approximate surface area is 152 Å². The summed E-state index contributed by atoms with van der Waals surface area (Å²) in [4.78, 5) is 20.1. The number of amides is 1. The van der Waals surface area contributed by atoms with Crippen LogP contribution in [0.4, 0.5) is 0 Å². The minimum atomic E-state index is 0.142. The number of aromatic nitrogens is 1. The number of hydrogen-bond acceptors (Lipinski definition) is 3. The Kier molecular flexibility index (Phi) is 5.46. The van der Waals surface area contributed by atoms with Crippen LogP contribution in [0.3, 0.4) is 0 Å². The van der Waals surface area contributed by atoms with E-state index in [0.29, 0.717) is 13.1 Å². The molecule has 3 aromatic rings. The summed E-state index contributed by atoms with van der Waals surface area (Å²) >= 11 is 1.65. The number of nitrogens with zero attached hydrogens (tertiary/aromatic N) is 2. The van der Waals surface area contributed by atoms with Crippen LogP contribution in [-0.2, 0) is 17.9 Å². The van der Waals surface area contributed by atoms with Crippen LogP contribution in [0.2, 0.25) is 0 Å². The van der Waals surface area contributed by atoms with Crippen molar-refractivity contribution in [1.82, 2.24) is 9.88 Å². The lowest BCUT2D eigenvalue weighted by Gasteiger charge is -2.19. The molecule has 1 atom stereocenters. The third kappa shape index (κ3) is 4.65. The van der Waals surface area contributed by atoms with Gasteiger partial charge in [-0.25, -0.2) is 4.98 Å². The smallest absolute Gasteiger partial charge is 0.277 e. The Morgan fingerprint density at radius 1 is 1.16 bits per heavy atom. The zero-order chi connectivity index (χ0) is 17.8. The van der Waals surface area contributed by atoms with Gasteiger partial charge in [0.1, 0.15) is 11.6 Å². The van der Waals surface area contributed by atoms with Crippen LogP contribution in [0.5, 0.6) is 0 Å². The highest BCUT2D eigenvalue weighted by Crippen LogP contribution is 2.22. The lowest BCUT2D eigenvalue weighted by Crippen LogP contribution is -3.08. The average molecular weight is 354 g/mol. The molecule has 0 saturated carbocycles. The SMILES string of the molecule is Cc1ccc(C[NH+](C)CC(=O)N(C)Cc2nc3ccccc3s2)cc1. The topological polar surface area (TPSA) is 37.6 Å². The van der Waals surface area contributed by atoms with Crippen molar-refractivity contribution in [2.24, 2.45) is 0 Å². The highest BCUT2D eigenvalue weighted by atomic mass is 32.1. The van der Waals surface area contributed by atoms with Gasteiger partial charge >= 0.3 is 0 Å². The maximum absolute atomic E-state index is 12.5. The fourth-order valence-corrected chi connectivity index (χ4v) is 3.81. The first-order valence-corrected chi connectivity index (χ1v) is 9.28. The van der Waals surface area contributed by atoms with Crippen LogP contribution < -0.4 is 4.90 Å². The molecule has 1 aromatic heterocycles. The van der Waals surface area contributed by atoms with Crippen molar-refractivity contribution in [2.45, 2.75) is 20.0 Å². The third-order valence-electron chi connectivity index (χ3n) is 4.22. The molecule has 1 unspecified atom stereocenters. The monoisotopic (exact) mass is 354 g/mol. The van der Waals surface area contributed by atoms with Crippen LogP contribution in [0.1, 0.15) is 16.1 Å². The van der Waals surface area contributed by atoms with Crippen LogP contribution in [-0.4, -0.2) is 36.4 Å². The summed E-state index contributed by atoms with van der Waals surface area (Å²) in [6.45, 7) is 3.98. The number of para-hydroxylation sites is 1. The molecule has 25 heavy (non-hydrogen) atoms. The third-order valence-corrected chi connectivity index (χ3v) is 5.24. The van der Waals surface area contributed by atoms with Gasteiger partial charge < -0.3 is 9.80 Å². The van der Waals surface area contributed by atoms with Gasteiger partial charge in [0, 0.05) is 12.6 Å². The predicted octanol–water partition coefficient (Wildman–Crippen LogP) is 2.28. The molecule has 0 aliphatic heterocycles. The van der Waals surface area contributed by atoms with Gasteiger partial charge in [-0.15, -0.1) is 11.3 Å². The van der Waals surface area contributed by atoms with Crippen LogP contribution >= 0.6 is 11.3 Å². The molecule has 1 amide bonds. The van der Waals surface area contributed by atoms with Gasteiger partial charge in [0.05, 0.1) is 23.8 Å². The molecule has 4 nitrogen and oxygen atoms in total. The van der Waals surface area contributed by atoms with Crippen molar-refractivity contribution < 1.29 is 9.69 Å². The van der Waals surface area contributed by atoms with Gasteiger partial charge in [0.15, 0.2) is 6.54 Å². The first-order chi connectivity index (χ1) is 12.0. The summed E-state index contributed by atoms with van der Waals surface area (Å²) in [7, 11) is 3.91. The number of nitrogens with one attached hydrogen (secondary N) is 1. The van der Waals surface area contributed by atoms with E-state index in [9.17, 15) is 4.79 Å². The number of quaternary nitrogens is 1. The molecular weight excluding hydrogens is 330 g/mol. The summed E-state index contributed by atoms with van der Waals surface area (Å²) in [5.74, 6) is 0.142. The standard InChI is InChI=1S/C20H23N3OS/c1-15-8-10-16(11-9-15)12-22(2)14-20(24)23(3)13-19-21-17-6-4-5-7-18(17)25-19/h4-11H,12-14H2,1-3H3/p+1. The van der Waals surface area contributed by atoms with E-state index >= 15 is 0 Å². The van der Waals surface area contributed by atoms with Crippen molar-refractivity contribution >= 4 is 27.5 Å². The summed E-state index contributed by atoms with van der Waals surface area (Å²) < 4.78 is 1.17. The second-order valence-corrected chi connectivity index (χ2v) is 7.74. The van der Waals surface area contributed by atoms with Crippen molar-refractivity contribution in [3.05, 3.63) is 64.7 Å². The zero-order valence-corrected chi connectivity index (χ0v) is 15.8. The molecule has 3 rings (SSSR count). The van der Waals surface area contributed by atoms with Crippen molar-refractivity contribution in [3.8, 4) is 0 Å². The molecule has 0 bridgehead atoms. The normalized spacial score (nSPS) is 12.3. The molecule has 0 fully saturated rings. The summed E-state index contributed by atoms with van der Waals surface area (Å²) in [6.07, 6.45) is 0. The Bertz CT molecular complexity index is 824. The van der Waals surface area contributed by atoms with E-state index in [0.717, 1.165) is 17.1 Å². The average Bonchev–Trinajstić information content (AvgIpc) is 2.99. The number of benzene rings is 2. The molecule has 0 saturated heterocycles. The Balaban J connectivity index is 1.55. The predicted molar refractivity (Wildman–Crippen MR) is 103 cm³/mol. The Morgan fingerprint density at radius 3 is 2.60 bits per heavy atom. The van der Waals surface area contributed by atoms with E-state index in [1.54, 1.807) is 16.2 Å². The molecular formula is C20H24N3OS+. The Hall–Kier alpha value is -2.24. The number of likely N-dealkylation sites (N-methyl/N-ethyl adjacent to an activating group) is 2. The highest BCUT2D eigenvalue weighted by molar-refractivity contribution is 7.18. The molecule has 1 N–H and O–H groups in total. The number of thiazole rings is 1. The number of carbonyl (C=O) groups is 1. The lowest BCUT2D eigenvalue weighted by molar-refractivity contribution is -0.885. The first kappa shape index (κ1) is 17.6. The molecule has 0 radical (unpaired) electrons. The number of carbonyl (C=O) groups excluding carboxylic acids is 1. The van der Waals surface area contributed by atoms with Gasteiger partial charge in [0.25, 0.3) is 5.91 Å². The van der Waals surface area contributed by atoms with Gasteiger partial charge in [-0.2, -0.15) is 0 Å². The van der Waals surface area contributed by atoms with E-state index in [1.807, 2.05) is 25.2 Å². The molecule has 0 aliphatic carbocycles. The van der Waals surface area contributed by atoms with Gasteiger partial charge in [-0.3, -0.25) is 4.79 Å². The maximum Gasteiger partial charge on any atom is 0.277 e. The summed E-state index contributed by atoms with van der Waals surface area (Å²) in [6, 6.07) is 16.6. The Morgan fingerprint density at radius 2 is 1.88 bits per heavy atom. The van der Waals surface area contributed by atoms with E-state index in [1.165, 1.54) is 20.7 Å². The minimum Gasteiger partial charge on any atom is -0.334 e. The lowest BCUT2D eigenvalue weighted by atomic mass is 10.1. The molecule has 2 aromatic carbocycles. The van der Waals surface area contributed by atoms with E-state index in [4.69, 9.17) is 0 Å². The summed E-state index contributed by atoms with van der Waals surface area (Å²) in [5, 5.41) is 0.980. The van der Waals surface area contributed by atoms with Gasteiger partial charge in [-0.05, 0) is 19.1 Å². The van der Waals surface area contributed by atoms with Crippen molar-refractivity contribution in [1.29, 1.82) is 0 Å². The van der Waals surface area contributed by atoms with E-state index in [2.05, 4.69) is 49.3 Å². The molecule has 0 spiro atoms. The zero-order valence-electron chi connectivity index (χ0n) is 15.0. The van der Waals surface area contributed by atoms with Crippen molar-refractivity contribution in [3.63, 3.8) is 0 Å². The van der Waals surface area contributed by atoms with E-state index < -0.39 is 0 Å². The van der Waals surface area contributed by atoms with Gasteiger partial charge in [-0.1, -0.05) is 42.0 Å². The molecule has 0 aliphatic rings. The fraction of sp³-hybridized carbons (Fsp3) is 0.300. The number of hydrogen-bond donors (Lipinski definition) is 1. The second kappa shape index (κ2) is 7.76. The minimum absolute atomic E-state index is 0.142. The van der Waals surface area contributed by atoms with Crippen LogP contribution in [0, 0.1) is 6.92 Å². The van der Waals surface area contributed by atoms with Gasteiger partial charge in [0.2, 0.25) is 0 Å². The van der Waals surface area contributed by atoms with Crippen LogP contribution in [0.15, 0.2) is 48.5 Å². The largest absolute Gasteiger partial charge is 0.334 e. The first-order valence-electron chi connectivity index (χ1n) is 8.46. The fourth-order valence-electron chi connectivity index (χ4n) is 2.79. The highest BCUT2D eigenvalue weighted by Gasteiger charge is 2.16. The molecule has 130 valence electrons. The number of fused-ring (bicyclic) bond motifs is 1. The number of aryl methyl sites for hydroxylation is 1. The van der Waals surface area contributed by atoms with Crippen molar-refractivity contribution in [2.75, 3.05) is 20.6 Å². The maximum atomic E-state index is 12.5. The van der Waals surface area contributed by atoms with E-state index in [-0.39, 0.29) is 5.91 Å². The molecule has 1 heterocycles. The summed E-state index contributed by atoms with van der Waals surface area (Å²) in [5.41, 5.74) is 3.52.